The molecule has 0 saturated carbocycles. The molecular weight excluding hydrogens is 459 g/mol. The number of alkyl halides is 3. The summed E-state index contributed by atoms with van der Waals surface area (Å²) in [7, 11) is 0. The maximum absolute atomic E-state index is 13.3. The molecule has 186 valence electrons. The van der Waals surface area contributed by atoms with Gasteiger partial charge in [0.2, 0.25) is 0 Å². The molecule has 2 aromatic rings. The highest BCUT2D eigenvalue weighted by molar-refractivity contribution is 5.96. The summed E-state index contributed by atoms with van der Waals surface area (Å²) >= 11 is 0. The van der Waals surface area contributed by atoms with Crippen LogP contribution in [-0.2, 0) is 4.74 Å². The number of anilines is 2. The van der Waals surface area contributed by atoms with E-state index in [1.807, 2.05) is 36.4 Å². The Morgan fingerprint density at radius 2 is 1.86 bits per heavy atom. The molecule has 6 nitrogen and oxygen atoms in total. The SMILES string of the molecule is O=C(c1ccc(N2CC=Cc3ccccc32)c(OC(F)(F)F)c1)N1CCN(CC2CCOC2)CC1. The second-order valence-corrected chi connectivity index (χ2v) is 9.12. The zero-order valence-corrected chi connectivity index (χ0v) is 19.3. The molecule has 0 aliphatic carbocycles. The molecule has 1 unspecified atom stereocenters. The second-order valence-electron chi connectivity index (χ2n) is 9.12. The van der Waals surface area contributed by atoms with Crippen LogP contribution in [0.5, 0.6) is 5.75 Å². The Balaban J connectivity index is 1.34. The van der Waals surface area contributed by atoms with Gasteiger partial charge in [-0.05, 0) is 42.2 Å². The molecule has 2 fully saturated rings. The smallest absolute Gasteiger partial charge is 0.404 e. The van der Waals surface area contributed by atoms with Gasteiger partial charge in [0.1, 0.15) is 0 Å². The minimum absolute atomic E-state index is 0.187. The molecule has 3 aliphatic rings. The highest BCUT2D eigenvalue weighted by Crippen LogP contribution is 2.40. The summed E-state index contributed by atoms with van der Waals surface area (Å²) < 4.78 is 49.8. The Kier molecular flexibility index (Phi) is 6.71. The number of rotatable bonds is 5. The molecule has 3 heterocycles. The third kappa shape index (κ3) is 5.46. The second kappa shape index (κ2) is 9.91. The van der Waals surface area contributed by atoms with Crippen LogP contribution in [0.3, 0.4) is 0 Å². The van der Waals surface area contributed by atoms with Crippen LogP contribution < -0.4 is 9.64 Å². The predicted molar refractivity (Wildman–Crippen MR) is 127 cm³/mol. The van der Waals surface area contributed by atoms with Crippen molar-refractivity contribution in [3.8, 4) is 5.75 Å². The Hall–Kier alpha value is -3.04. The number of halogens is 3. The molecule has 3 aliphatic heterocycles. The lowest BCUT2D eigenvalue weighted by Gasteiger charge is -2.36. The molecule has 0 spiro atoms. The van der Waals surface area contributed by atoms with E-state index in [-0.39, 0.29) is 22.9 Å². The number of nitrogens with zero attached hydrogens (tertiary/aromatic N) is 3. The molecule has 0 N–H and O–H groups in total. The van der Waals surface area contributed by atoms with E-state index in [2.05, 4.69) is 9.64 Å². The highest BCUT2D eigenvalue weighted by Gasteiger charge is 2.34. The van der Waals surface area contributed by atoms with Crippen LogP contribution in [0.1, 0.15) is 22.3 Å². The summed E-state index contributed by atoms with van der Waals surface area (Å²) in [4.78, 5) is 19.0. The van der Waals surface area contributed by atoms with E-state index in [9.17, 15) is 18.0 Å². The van der Waals surface area contributed by atoms with Crippen molar-refractivity contribution < 1.29 is 27.4 Å². The number of ether oxygens (including phenoxy) is 2. The van der Waals surface area contributed by atoms with Crippen LogP contribution in [0.2, 0.25) is 0 Å². The van der Waals surface area contributed by atoms with Crippen LogP contribution in [-0.4, -0.2) is 74.6 Å². The molecule has 35 heavy (non-hydrogen) atoms. The molecule has 1 amide bonds. The van der Waals surface area contributed by atoms with Gasteiger partial charge in [0, 0.05) is 57.1 Å². The molecule has 9 heteroatoms. The minimum Gasteiger partial charge on any atom is -0.404 e. The number of piperazine rings is 1. The minimum atomic E-state index is -4.88. The van der Waals surface area contributed by atoms with E-state index in [1.54, 1.807) is 21.9 Å². The average Bonchev–Trinajstić information content (AvgIpc) is 3.36. The molecule has 1 atom stereocenters. The summed E-state index contributed by atoms with van der Waals surface area (Å²) in [6.45, 7) is 5.48. The number of benzene rings is 2. The van der Waals surface area contributed by atoms with Gasteiger partial charge >= 0.3 is 6.36 Å². The number of para-hydroxylation sites is 1. The quantitative estimate of drug-likeness (QED) is 0.620. The van der Waals surface area contributed by atoms with Crippen LogP contribution >= 0.6 is 0 Å². The molecule has 0 bridgehead atoms. The summed E-state index contributed by atoms with van der Waals surface area (Å²) in [5, 5.41) is 0. The summed E-state index contributed by atoms with van der Waals surface area (Å²) in [5.41, 5.74) is 2.13. The number of carbonyl (C=O) groups excluding carboxylic acids is 1. The summed E-state index contributed by atoms with van der Waals surface area (Å²) in [6, 6.07) is 11.8. The molecule has 2 aromatic carbocycles. The number of amides is 1. The number of fused-ring (bicyclic) bond motifs is 1. The first kappa shape index (κ1) is 23.7. The number of hydrogen-bond acceptors (Lipinski definition) is 5. The molecule has 0 aromatic heterocycles. The van der Waals surface area contributed by atoms with Crippen LogP contribution in [0.15, 0.2) is 48.5 Å². The first-order valence-electron chi connectivity index (χ1n) is 11.9. The van der Waals surface area contributed by atoms with Gasteiger partial charge in [-0.15, -0.1) is 13.2 Å². The Morgan fingerprint density at radius 1 is 1.06 bits per heavy atom. The topological polar surface area (TPSA) is 45.2 Å². The Bertz CT molecular complexity index is 1090. The van der Waals surface area contributed by atoms with Gasteiger partial charge in [-0.1, -0.05) is 30.4 Å². The Morgan fingerprint density at radius 3 is 2.60 bits per heavy atom. The van der Waals surface area contributed by atoms with Gasteiger partial charge < -0.3 is 19.3 Å². The predicted octanol–water partition coefficient (Wildman–Crippen LogP) is 4.54. The summed E-state index contributed by atoms with van der Waals surface area (Å²) in [6.07, 6.45) is 0.00521. The Labute approximate surface area is 202 Å². The normalized spacial score (nSPS) is 20.7. The fraction of sp³-hybridized carbons (Fsp3) is 0.423. The van der Waals surface area contributed by atoms with Crippen molar-refractivity contribution in [1.82, 2.24) is 9.80 Å². The van der Waals surface area contributed by atoms with Crippen molar-refractivity contribution in [2.75, 3.05) is 57.4 Å². The van der Waals surface area contributed by atoms with E-state index < -0.39 is 6.36 Å². The van der Waals surface area contributed by atoms with Crippen LogP contribution in [0.4, 0.5) is 24.5 Å². The van der Waals surface area contributed by atoms with Gasteiger partial charge in [0.15, 0.2) is 5.75 Å². The highest BCUT2D eigenvalue weighted by atomic mass is 19.4. The lowest BCUT2D eigenvalue weighted by atomic mass is 10.1. The lowest BCUT2D eigenvalue weighted by Crippen LogP contribution is -2.49. The lowest BCUT2D eigenvalue weighted by molar-refractivity contribution is -0.274. The molecule has 0 radical (unpaired) electrons. The van der Waals surface area contributed by atoms with E-state index in [1.165, 1.54) is 6.07 Å². The number of carbonyl (C=O) groups is 1. The third-order valence-corrected chi connectivity index (χ3v) is 6.74. The molecule has 5 rings (SSSR count). The van der Waals surface area contributed by atoms with Gasteiger partial charge in [-0.25, -0.2) is 0 Å². The zero-order valence-electron chi connectivity index (χ0n) is 19.3. The van der Waals surface area contributed by atoms with E-state index in [0.29, 0.717) is 25.6 Å². The fourth-order valence-corrected chi connectivity index (χ4v) is 4.97. The standard InChI is InChI=1S/C26H28F3N3O3/c27-26(28,29)35-24-16-21(7-8-23(24)32-10-3-5-20-4-1-2-6-22(20)32)25(33)31-13-11-30(12-14-31)17-19-9-15-34-18-19/h1-8,16,19H,9-15,17-18H2. The van der Waals surface area contributed by atoms with Crippen LogP contribution in [0, 0.1) is 5.92 Å². The molecule has 2 saturated heterocycles. The van der Waals surface area contributed by atoms with Crippen molar-refractivity contribution in [2.45, 2.75) is 12.8 Å². The van der Waals surface area contributed by atoms with Crippen molar-refractivity contribution in [3.05, 3.63) is 59.7 Å². The van der Waals surface area contributed by atoms with Gasteiger partial charge in [-0.2, -0.15) is 0 Å². The maximum Gasteiger partial charge on any atom is 0.573 e. The van der Waals surface area contributed by atoms with Crippen LogP contribution in [0.25, 0.3) is 6.08 Å². The van der Waals surface area contributed by atoms with E-state index in [0.717, 1.165) is 50.5 Å². The maximum atomic E-state index is 13.3. The van der Waals surface area contributed by atoms with Gasteiger partial charge in [-0.3, -0.25) is 9.69 Å². The van der Waals surface area contributed by atoms with Gasteiger partial charge in [0.25, 0.3) is 5.91 Å². The van der Waals surface area contributed by atoms with Crippen molar-refractivity contribution in [3.63, 3.8) is 0 Å². The number of hydrogen-bond donors (Lipinski definition) is 0. The first-order chi connectivity index (χ1) is 16.9. The van der Waals surface area contributed by atoms with Gasteiger partial charge in [0.05, 0.1) is 12.3 Å². The first-order valence-corrected chi connectivity index (χ1v) is 11.9. The monoisotopic (exact) mass is 487 g/mol. The third-order valence-electron chi connectivity index (χ3n) is 6.74. The van der Waals surface area contributed by atoms with Crippen molar-refractivity contribution in [2.24, 2.45) is 5.92 Å². The largest absolute Gasteiger partial charge is 0.573 e. The zero-order chi connectivity index (χ0) is 24.4. The van der Waals surface area contributed by atoms with Crippen molar-refractivity contribution in [1.29, 1.82) is 0 Å². The van der Waals surface area contributed by atoms with Crippen molar-refractivity contribution >= 4 is 23.4 Å². The summed E-state index contributed by atoms with van der Waals surface area (Å²) in [5.74, 6) is -0.138. The molecular formula is C26H28F3N3O3. The average molecular weight is 488 g/mol. The van der Waals surface area contributed by atoms with E-state index in [4.69, 9.17) is 4.74 Å². The van der Waals surface area contributed by atoms with E-state index >= 15 is 0 Å². The fourth-order valence-electron chi connectivity index (χ4n) is 4.97.